The van der Waals surface area contributed by atoms with Crippen molar-refractivity contribution in [1.29, 1.82) is 0 Å². The lowest BCUT2D eigenvalue weighted by Crippen LogP contribution is -2.48. The van der Waals surface area contributed by atoms with E-state index in [4.69, 9.17) is 0 Å². The molecule has 5 nitrogen and oxygen atoms in total. The third-order valence-electron chi connectivity index (χ3n) is 6.61. The third-order valence-corrected chi connectivity index (χ3v) is 6.61. The van der Waals surface area contributed by atoms with E-state index in [0.717, 1.165) is 57.2 Å². The second-order valence-corrected chi connectivity index (χ2v) is 8.63. The van der Waals surface area contributed by atoms with Crippen molar-refractivity contribution in [2.24, 2.45) is 0 Å². The number of piperazine rings is 1. The first kappa shape index (κ1) is 20.0. The van der Waals surface area contributed by atoms with E-state index >= 15 is 0 Å². The summed E-state index contributed by atoms with van der Waals surface area (Å²) in [6, 6.07) is 18.9. The Morgan fingerprint density at radius 1 is 0.806 bits per heavy atom. The normalized spacial score (nSPS) is 17.8. The van der Waals surface area contributed by atoms with Crippen molar-refractivity contribution in [3.63, 3.8) is 0 Å². The summed E-state index contributed by atoms with van der Waals surface area (Å²) in [5.41, 5.74) is 2.12. The minimum atomic E-state index is 0.124. The fourth-order valence-electron chi connectivity index (χ4n) is 4.87. The Morgan fingerprint density at radius 2 is 1.58 bits per heavy atom. The van der Waals surface area contributed by atoms with Crippen LogP contribution in [-0.4, -0.2) is 60.0 Å². The molecule has 2 aliphatic heterocycles. The SMILES string of the molecule is O=C(c1cccnc1N1CCCCC1)N1CCN(Cc2cccc3ccccc23)CC1. The van der Waals surface area contributed by atoms with Crippen LogP contribution >= 0.6 is 0 Å². The number of fused-ring (bicyclic) bond motifs is 1. The quantitative estimate of drug-likeness (QED) is 0.642. The van der Waals surface area contributed by atoms with Crippen LogP contribution in [-0.2, 0) is 6.54 Å². The van der Waals surface area contributed by atoms with E-state index in [0.29, 0.717) is 0 Å². The highest BCUT2D eigenvalue weighted by Gasteiger charge is 2.26. The number of piperidine rings is 1. The van der Waals surface area contributed by atoms with Crippen LogP contribution in [0.1, 0.15) is 35.2 Å². The molecule has 5 rings (SSSR count). The van der Waals surface area contributed by atoms with Crippen molar-refractivity contribution in [3.8, 4) is 0 Å². The Morgan fingerprint density at radius 3 is 2.42 bits per heavy atom. The molecule has 0 spiro atoms. The van der Waals surface area contributed by atoms with Crippen LogP contribution in [0.2, 0.25) is 0 Å². The van der Waals surface area contributed by atoms with Gasteiger partial charge >= 0.3 is 0 Å². The highest BCUT2D eigenvalue weighted by molar-refractivity contribution is 5.99. The first-order valence-electron chi connectivity index (χ1n) is 11.5. The average molecular weight is 415 g/mol. The number of rotatable bonds is 4. The largest absolute Gasteiger partial charge is 0.356 e. The molecule has 2 aliphatic rings. The van der Waals surface area contributed by atoms with Crippen molar-refractivity contribution in [2.75, 3.05) is 44.2 Å². The van der Waals surface area contributed by atoms with Gasteiger partial charge in [-0.2, -0.15) is 0 Å². The number of benzene rings is 2. The fraction of sp³-hybridized carbons (Fsp3) is 0.385. The summed E-state index contributed by atoms with van der Waals surface area (Å²) in [6.45, 7) is 6.24. The van der Waals surface area contributed by atoms with Gasteiger partial charge in [0.1, 0.15) is 5.82 Å². The average Bonchev–Trinajstić information content (AvgIpc) is 2.85. The molecule has 0 aliphatic carbocycles. The predicted molar refractivity (Wildman–Crippen MR) is 125 cm³/mol. The number of hydrogen-bond acceptors (Lipinski definition) is 4. The lowest BCUT2D eigenvalue weighted by molar-refractivity contribution is 0.0629. The molecule has 0 atom stereocenters. The molecule has 5 heteroatoms. The van der Waals surface area contributed by atoms with Gasteiger partial charge in [0.25, 0.3) is 5.91 Å². The Hall–Kier alpha value is -2.92. The van der Waals surface area contributed by atoms with E-state index in [-0.39, 0.29) is 5.91 Å². The second kappa shape index (κ2) is 9.06. The van der Waals surface area contributed by atoms with Gasteiger partial charge in [-0.1, -0.05) is 42.5 Å². The molecule has 0 radical (unpaired) electrons. The molecule has 0 saturated carbocycles. The minimum Gasteiger partial charge on any atom is -0.356 e. The van der Waals surface area contributed by atoms with Gasteiger partial charge in [-0.05, 0) is 47.7 Å². The zero-order chi connectivity index (χ0) is 21.0. The smallest absolute Gasteiger partial charge is 0.257 e. The van der Waals surface area contributed by atoms with E-state index in [1.54, 1.807) is 0 Å². The van der Waals surface area contributed by atoms with Crippen molar-refractivity contribution in [2.45, 2.75) is 25.8 Å². The zero-order valence-electron chi connectivity index (χ0n) is 18.0. The number of nitrogens with zero attached hydrogens (tertiary/aromatic N) is 4. The van der Waals surface area contributed by atoms with Crippen LogP contribution in [0.5, 0.6) is 0 Å². The maximum Gasteiger partial charge on any atom is 0.257 e. The summed E-state index contributed by atoms with van der Waals surface area (Å²) in [6.07, 6.45) is 5.43. The highest BCUT2D eigenvalue weighted by atomic mass is 16.2. The number of pyridine rings is 1. The van der Waals surface area contributed by atoms with Gasteiger partial charge in [-0.25, -0.2) is 4.98 Å². The Bertz CT molecular complexity index is 1050. The van der Waals surface area contributed by atoms with E-state index in [1.807, 2.05) is 23.2 Å². The van der Waals surface area contributed by atoms with Gasteiger partial charge in [0.05, 0.1) is 5.56 Å². The van der Waals surface area contributed by atoms with Crippen molar-refractivity contribution < 1.29 is 4.79 Å². The van der Waals surface area contributed by atoms with Gasteiger partial charge < -0.3 is 9.80 Å². The first-order valence-corrected chi connectivity index (χ1v) is 11.5. The molecular formula is C26H30N4O. The maximum atomic E-state index is 13.3. The summed E-state index contributed by atoms with van der Waals surface area (Å²) < 4.78 is 0. The molecule has 3 heterocycles. The Labute approximate surface area is 184 Å². The number of aromatic nitrogens is 1. The van der Waals surface area contributed by atoms with Gasteiger partial charge in [-0.3, -0.25) is 9.69 Å². The number of anilines is 1. The second-order valence-electron chi connectivity index (χ2n) is 8.63. The molecule has 0 unspecified atom stereocenters. The zero-order valence-corrected chi connectivity index (χ0v) is 18.0. The van der Waals surface area contributed by atoms with Crippen molar-refractivity contribution >= 4 is 22.5 Å². The molecule has 0 bridgehead atoms. The molecule has 3 aromatic rings. The summed E-state index contributed by atoms with van der Waals surface area (Å²) in [4.78, 5) is 24.7. The fourth-order valence-corrected chi connectivity index (χ4v) is 4.87. The van der Waals surface area contributed by atoms with Crippen molar-refractivity contribution in [3.05, 3.63) is 71.9 Å². The van der Waals surface area contributed by atoms with Crippen LogP contribution < -0.4 is 4.90 Å². The van der Waals surface area contributed by atoms with E-state index in [1.165, 1.54) is 35.6 Å². The highest BCUT2D eigenvalue weighted by Crippen LogP contribution is 2.24. The monoisotopic (exact) mass is 414 g/mol. The van der Waals surface area contributed by atoms with Gasteiger partial charge in [-0.15, -0.1) is 0 Å². The topological polar surface area (TPSA) is 39.7 Å². The molecule has 1 amide bonds. The summed E-state index contributed by atoms with van der Waals surface area (Å²) in [7, 11) is 0. The van der Waals surface area contributed by atoms with Crippen LogP contribution in [0.15, 0.2) is 60.8 Å². The number of hydrogen-bond donors (Lipinski definition) is 0. The third kappa shape index (κ3) is 4.28. The molecular weight excluding hydrogens is 384 g/mol. The molecule has 160 valence electrons. The van der Waals surface area contributed by atoms with Gasteiger partial charge in [0.2, 0.25) is 0 Å². The lowest BCUT2D eigenvalue weighted by atomic mass is 10.0. The number of amides is 1. The van der Waals surface area contributed by atoms with Crippen LogP contribution in [0.3, 0.4) is 0 Å². The van der Waals surface area contributed by atoms with E-state index in [2.05, 4.69) is 57.2 Å². The maximum absolute atomic E-state index is 13.3. The Kier molecular flexibility index (Phi) is 5.85. The number of carbonyl (C=O) groups excluding carboxylic acids is 1. The van der Waals surface area contributed by atoms with E-state index < -0.39 is 0 Å². The van der Waals surface area contributed by atoms with Crippen LogP contribution in [0, 0.1) is 0 Å². The molecule has 1 aromatic heterocycles. The molecule has 0 N–H and O–H groups in total. The van der Waals surface area contributed by atoms with Crippen LogP contribution in [0.4, 0.5) is 5.82 Å². The standard InChI is InChI=1S/C26H30N4O/c31-26(24-12-7-13-27-25(24)29-14-4-1-5-15-29)30-18-16-28(17-19-30)20-22-10-6-9-21-8-2-3-11-23(21)22/h2-3,6-13H,1,4-5,14-20H2. The molecule has 2 fully saturated rings. The molecule has 2 aromatic carbocycles. The summed E-state index contributed by atoms with van der Waals surface area (Å²) >= 11 is 0. The molecule has 31 heavy (non-hydrogen) atoms. The van der Waals surface area contributed by atoms with Crippen molar-refractivity contribution in [1.82, 2.24) is 14.8 Å². The van der Waals surface area contributed by atoms with Gasteiger partial charge in [0, 0.05) is 52.0 Å². The lowest BCUT2D eigenvalue weighted by Gasteiger charge is -2.36. The number of carbonyl (C=O) groups is 1. The van der Waals surface area contributed by atoms with Gasteiger partial charge in [0.15, 0.2) is 0 Å². The minimum absolute atomic E-state index is 0.124. The first-order chi connectivity index (χ1) is 15.3. The summed E-state index contributed by atoms with van der Waals surface area (Å²) in [5, 5.41) is 2.61. The van der Waals surface area contributed by atoms with Crippen LogP contribution in [0.25, 0.3) is 10.8 Å². The summed E-state index contributed by atoms with van der Waals surface area (Å²) in [5.74, 6) is 0.990. The Balaban J connectivity index is 1.25. The molecule has 2 saturated heterocycles. The predicted octanol–water partition coefficient (Wildman–Crippen LogP) is 4.18. The van der Waals surface area contributed by atoms with E-state index in [9.17, 15) is 4.79 Å².